The number of nitrogens with one attached hydrogen (secondary N) is 1. The van der Waals surface area contributed by atoms with Gasteiger partial charge in [0.05, 0.1) is 24.2 Å². The van der Waals surface area contributed by atoms with Crippen molar-refractivity contribution < 1.29 is 9.53 Å². The van der Waals surface area contributed by atoms with Gasteiger partial charge in [-0.1, -0.05) is 54.1 Å². The van der Waals surface area contributed by atoms with Crippen LogP contribution in [-0.4, -0.2) is 22.1 Å². The summed E-state index contributed by atoms with van der Waals surface area (Å²) in [6, 6.07) is 23.5. The molecule has 4 aromatic rings. The second-order valence-corrected chi connectivity index (χ2v) is 8.50. The second kappa shape index (κ2) is 11.5. The Morgan fingerprint density at radius 3 is 2.68 bits per heavy atom. The van der Waals surface area contributed by atoms with E-state index in [2.05, 4.69) is 16.0 Å². The highest BCUT2D eigenvalue weighted by Crippen LogP contribution is 2.21. The zero-order valence-corrected chi connectivity index (χ0v) is 20.0. The number of fused-ring (bicyclic) bond motifs is 1. The van der Waals surface area contributed by atoms with Crippen LogP contribution in [0.2, 0.25) is 5.02 Å². The molecule has 0 fully saturated rings. The quantitative estimate of drug-likeness (QED) is 0.221. The number of aryl methyl sites for hydroxylation is 2. The number of hydrogen-bond donors (Lipinski definition) is 1. The van der Waals surface area contributed by atoms with Crippen molar-refractivity contribution >= 4 is 34.6 Å². The molecule has 0 aliphatic heterocycles. The van der Waals surface area contributed by atoms with Gasteiger partial charge in [-0.3, -0.25) is 4.79 Å². The van der Waals surface area contributed by atoms with Gasteiger partial charge in [0.2, 0.25) is 5.91 Å². The van der Waals surface area contributed by atoms with Gasteiger partial charge in [-0.05, 0) is 67.3 Å². The van der Waals surface area contributed by atoms with Crippen LogP contribution in [0.25, 0.3) is 17.1 Å². The number of hydrogen-bond acceptors (Lipinski definition) is 3. The first-order chi connectivity index (χ1) is 16.6. The number of amides is 1. The Morgan fingerprint density at radius 1 is 1.06 bits per heavy atom. The van der Waals surface area contributed by atoms with E-state index in [9.17, 15) is 4.79 Å². The zero-order valence-electron chi connectivity index (χ0n) is 19.2. The third-order valence-electron chi connectivity index (χ3n) is 5.56. The van der Waals surface area contributed by atoms with Gasteiger partial charge in [0.25, 0.3) is 0 Å². The van der Waals surface area contributed by atoms with Gasteiger partial charge < -0.3 is 14.6 Å². The molecule has 4 rings (SSSR count). The Kier molecular flexibility index (Phi) is 7.99. The molecule has 0 atom stereocenters. The lowest BCUT2D eigenvalue weighted by molar-refractivity contribution is -0.116. The number of imidazole rings is 1. The molecule has 3 aromatic carbocycles. The molecule has 1 amide bonds. The highest BCUT2D eigenvalue weighted by molar-refractivity contribution is 6.31. The number of rotatable bonds is 10. The summed E-state index contributed by atoms with van der Waals surface area (Å²) in [6.07, 6.45) is 5.19. The fourth-order valence-corrected chi connectivity index (χ4v) is 3.86. The molecule has 0 saturated carbocycles. The summed E-state index contributed by atoms with van der Waals surface area (Å²) in [5.74, 6) is 1.54. The van der Waals surface area contributed by atoms with Gasteiger partial charge >= 0.3 is 0 Å². The van der Waals surface area contributed by atoms with Crippen molar-refractivity contribution in [3.8, 4) is 5.75 Å². The molecule has 5 nitrogen and oxygen atoms in total. The van der Waals surface area contributed by atoms with Crippen molar-refractivity contribution in [2.45, 2.75) is 32.9 Å². The molecule has 0 unspecified atom stereocenters. The summed E-state index contributed by atoms with van der Waals surface area (Å²) in [7, 11) is 0. The van der Waals surface area contributed by atoms with Gasteiger partial charge in [-0.15, -0.1) is 0 Å². The van der Waals surface area contributed by atoms with Crippen LogP contribution in [0, 0.1) is 6.92 Å². The van der Waals surface area contributed by atoms with Crippen molar-refractivity contribution in [3.63, 3.8) is 0 Å². The summed E-state index contributed by atoms with van der Waals surface area (Å²) in [5.41, 5.74) is 4.00. The molecule has 0 aliphatic carbocycles. The molecule has 0 radical (unpaired) electrons. The topological polar surface area (TPSA) is 56.1 Å². The maximum absolute atomic E-state index is 12.3. The summed E-state index contributed by atoms with van der Waals surface area (Å²) >= 11 is 6.08. The minimum atomic E-state index is -0.144. The van der Waals surface area contributed by atoms with Crippen LogP contribution in [-0.2, 0) is 17.9 Å². The molecule has 0 aliphatic rings. The fourth-order valence-electron chi connectivity index (χ4n) is 3.74. The summed E-state index contributed by atoms with van der Waals surface area (Å²) < 4.78 is 8.06. The smallest absolute Gasteiger partial charge is 0.244 e. The number of ether oxygens (including phenoxy) is 1. The van der Waals surface area contributed by atoms with E-state index in [-0.39, 0.29) is 5.91 Å². The van der Waals surface area contributed by atoms with Crippen molar-refractivity contribution in [2.24, 2.45) is 0 Å². The first-order valence-corrected chi connectivity index (χ1v) is 11.8. The van der Waals surface area contributed by atoms with E-state index >= 15 is 0 Å². The molecule has 34 heavy (non-hydrogen) atoms. The maximum atomic E-state index is 12.3. The van der Waals surface area contributed by atoms with Crippen LogP contribution in [0.5, 0.6) is 5.75 Å². The highest BCUT2D eigenvalue weighted by Gasteiger charge is 2.11. The minimum Gasteiger partial charge on any atom is -0.494 e. The van der Waals surface area contributed by atoms with Crippen molar-refractivity contribution in [1.82, 2.24) is 14.9 Å². The first kappa shape index (κ1) is 23.6. The average Bonchev–Trinajstić information content (AvgIpc) is 3.21. The van der Waals surface area contributed by atoms with Gasteiger partial charge in [-0.2, -0.15) is 0 Å². The molecular formula is C28H28ClN3O2. The summed E-state index contributed by atoms with van der Waals surface area (Å²) in [4.78, 5) is 17.1. The van der Waals surface area contributed by atoms with Gasteiger partial charge in [0.15, 0.2) is 0 Å². The van der Waals surface area contributed by atoms with Crippen LogP contribution < -0.4 is 10.1 Å². The Hall–Kier alpha value is -3.57. The van der Waals surface area contributed by atoms with Crippen molar-refractivity contribution in [3.05, 3.63) is 101 Å². The Balaban J connectivity index is 1.33. The van der Waals surface area contributed by atoms with E-state index in [1.165, 1.54) is 0 Å². The minimum absolute atomic E-state index is 0.144. The predicted octanol–water partition coefficient (Wildman–Crippen LogP) is 6.19. The SMILES string of the molecule is Cc1cc(OCCCCn2c(CNC(=O)/C=C\c3ccccc3)nc3ccccc32)ccc1Cl. The summed E-state index contributed by atoms with van der Waals surface area (Å²) in [5, 5.41) is 3.70. The fraction of sp³-hybridized carbons (Fsp3) is 0.214. The standard InChI is InChI=1S/C28H28ClN3O2/c1-21-19-23(14-15-24(21)29)34-18-8-7-17-32-26-12-6-5-11-25(26)31-27(32)20-30-28(33)16-13-22-9-3-2-4-10-22/h2-6,9-16,19H,7-8,17-18,20H2,1H3,(H,30,33)/b16-13-. The lowest BCUT2D eigenvalue weighted by atomic mass is 10.2. The number of nitrogens with zero attached hydrogens (tertiary/aromatic N) is 2. The number of benzene rings is 3. The molecule has 0 bridgehead atoms. The van der Waals surface area contributed by atoms with Crippen LogP contribution in [0.4, 0.5) is 0 Å². The maximum Gasteiger partial charge on any atom is 0.244 e. The Labute approximate surface area is 205 Å². The van der Waals surface area contributed by atoms with Crippen molar-refractivity contribution in [1.29, 1.82) is 0 Å². The zero-order chi connectivity index (χ0) is 23.8. The number of aromatic nitrogens is 2. The van der Waals surface area contributed by atoms with Gasteiger partial charge in [-0.25, -0.2) is 4.98 Å². The lowest BCUT2D eigenvalue weighted by Crippen LogP contribution is -2.22. The van der Waals surface area contributed by atoms with Crippen LogP contribution in [0.3, 0.4) is 0 Å². The predicted molar refractivity (Wildman–Crippen MR) is 138 cm³/mol. The van der Waals surface area contributed by atoms with Crippen LogP contribution in [0.1, 0.15) is 29.8 Å². The Bertz CT molecular complexity index is 1280. The molecule has 1 N–H and O–H groups in total. The molecule has 1 heterocycles. The normalized spacial score (nSPS) is 11.2. The largest absolute Gasteiger partial charge is 0.494 e. The van der Waals surface area contributed by atoms with Crippen LogP contribution >= 0.6 is 11.6 Å². The number of halogens is 1. The molecule has 174 valence electrons. The van der Waals surface area contributed by atoms with Gasteiger partial charge in [0.1, 0.15) is 11.6 Å². The molecule has 0 spiro atoms. The van der Waals surface area contributed by atoms with Crippen molar-refractivity contribution in [2.75, 3.05) is 6.61 Å². The number of para-hydroxylation sites is 2. The third-order valence-corrected chi connectivity index (χ3v) is 5.98. The van der Waals surface area contributed by atoms with E-state index in [1.807, 2.05) is 73.7 Å². The summed E-state index contributed by atoms with van der Waals surface area (Å²) in [6.45, 7) is 3.77. The highest BCUT2D eigenvalue weighted by atomic mass is 35.5. The van der Waals surface area contributed by atoms with Crippen LogP contribution in [0.15, 0.2) is 78.9 Å². The van der Waals surface area contributed by atoms with E-state index < -0.39 is 0 Å². The third kappa shape index (κ3) is 6.27. The molecule has 0 saturated heterocycles. The number of carbonyl (C=O) groups excluding carboxylic acids is 1. The van der Waals surface area contributed by atoms with E-state index in [0.29, 0.717) is 13.2 Å². The van der Waals surface area contributed by atoms with E-state index in [4.69, 9.17) is 21.3 Å². The average molecular weight is 474 g/mol. The molecule has 1 aromatic heterocycles. The molecular weight excluding hydrogens is 446 g/mol. The first-order valence-electron chi connectivity index (χ1n) is 11.4. The molecule has 6 heteroatoms. The monoisotopic (exact) mass is 473 g/mol. The number of carbonyl (C=O) groups is 1. The Morgan fingerprint density at radius 2 is 1.85 bits per heavy atom. The second-order valence-electron chi connectivity index (χ2n) is 8.10. The lowest BCUT2D eigenvalue weighted by Gasteiger charge is -2.11. The van der Waals surface area contributed by atoms with Gasteiger partial charge in [0, 0.05) is 17.6 Å². The number of unbranched alkanes of at least 4 members (excludes halogenated alkanes) is 1. The van der Waals surface area contributed by atoms with E-state index in [1.54, 1.807) is 12.2 Å². The van der Waals surface area contributed by atoms with E-state index in [0.717, 1.165) is 58.1 Å².